The number of rotatable bonds is 6. The first-order valence-electron chi connectivity index (χ1n) is 9.54. The summed E-state index contributed by atoms with van der Waals surface area (Å²) in [6.45, 7) is 2.51. The van der Waals surface area contributed by atoms with Crippen LogP contribution in [0, 0.1) is 17.0 Å². The number of carbonyl (C=O) groups excluding carboxylic acids is 1. The van der Waals surface area contributed by atoms with Crippen molar-refractivity contribution in [2.24, 2.45) is 4.99 Å². The van der Waals surface area contributed by atoms with E-state index in [4.69, 9.17) is 9.47 Å². The first-order valence-corrected chi connectivity index (χ1v) is 9.54. The number of benzene rings is 3. The van der Waals surface area contributed by atoms with Gasteiger partial charge in [-0.25, -0.2) is 9.79 Å². The number of aliphatic imine (C=N–C) groups is 1. The summed E-state index contributed by atoms with van der Waals surface area (Å²) in [6.07, 6.45) is 1.60. The fourth-order valence-corrected chi connectivity index (χ4v) is 3.04. The van der Waals surface area contributed by atoms with Gasteiger partial charge in [0.25, 0.3) is 5.69 Å². The topological polar surface area (TPSA) is 91.0 Å². The zero-order valence-corrected chi connectivity index (χ0v) is 16.6. The summed E-state index contributed by atoms with van der Waals surface area (Å²) in [6, 6.07) is 21.1. The van der Waals surface area contributed by atoms with Gasteiger partial charge in [-0.3, -0.25) is 10.1 Å². The molecule has 3 aromatic carbocycles. The van der Waals surface area contributed by atoms with Crippen LogP contribution < -0.4 is 4.74 Å². The molecule has 1 aliphatic rings. The van der Waals surface area contributed by atoms with Gasteiger partial charge in [0.1, 0.15) is 12.4 Å². The molecular formula is C24H18N2O5. The summed E-state index contributed by atoms with van der Waals surface area (Å²) in [5, 5.41) is 10.9. The fourth-order valence-electron chi connectivity index (χ4n) is 3.04. The quantitative estimate of drug-likeness (QED) is 0.249. The average Bonchev–Trinajstić information content (AvgIpc) is 3.14. The molecule has 0 radical (unpaired) electrons. The minimum Gasteiger partial charge on any atom is -0.489 e. The summed E-state index contributed by atoms with van der Waals surface area (Å²) in [4.78, 5) is 26.8. The van der Waals surface area contributed by atoms with Gasteiger partial charge in [-0.2, -0.15) is 0 Å². The summed E-state index contributed by atoms with van der Waals surface area (Å²) in [5.74, 6) is 0.139. The maximum Gasteiger partial charge on any atom is 0.363 e. The van der Waals surface area contributed by atoms with Crippen molar-refractivity contribution in [3.05, 3.63) is 111 Å². The smallest absolute Gasteiger partial charge is 0.363 e. The molecule has 4 rings (SSSR count). The lowest BCUT2D eigenvalue weighted by molar-refractivity contribution is -0.384. The van der Waals surface area contributed by atoms with Crippen LogP contribution in [0.25, 0.3) is 6.08 Å². The van der Waals surface area contributed by atoms with Crippen LogP contribution in [-0.4, -0.2) is 16.8 Å². The van der Waals surface area contributed by atoms with Gasteiger partial charge >= 0.3 is 5.97 Å². The van der Waals surface area contributed by atoms with Crippen LogP contribution in [0.5, 0.6) is 5.75 Å². The van der Waals surface area contributed by atoms with Crippen LogP contribution in [0.2, 0.25) is 0 Å². The normalized spacial score (nSPS) is 14.3. The Hall–Kier alpha value is -4.26. The zero-order valence-electron chi connectivity index (χ0n) is 16.6. The standard InChI is InChI=1S/C24H18N2O5/c1-16-5-2-3-6-19(16)15-30-21-11-9-17(10-12-21)13-22-24(27)31-23(25-22)18-7-4-8-20(14-18)26(28)29/h2-14H,15H2,1H3. The number of hydrogen-bond acceptors (Lipinski definition) is 6. The van der Waals surface area contributed by atoms with E-state index in [0.717, 1.165) is 11.1 Å². The summed E-state index contributed by atoms with van der Waals surface area (Å²) >= 11 is 0. The first kappa shape index (κ1) is 20.0. The van der Waals surface area contributed by atoms with E-state index in [-0.39, 0.29) is 17.3 Å². The lowest BCUT2D eigenvalue weighted by Crippen LogP contribution is -2.05. The van der Waals surface area contributed by atoms with Gasteiger partial charge in [0.2, 0.25) is 5.90 Å². The molecule has 0 fully saturated rings. The van der Waals surface area contributed by atoms with Crippen molar-refractivity contribution < 1.29 is 19.2 Å². The van der Waals surface area contributed by atoms with E-state index >= 15 is 0 Å². The van der Waals surface area contributed by atoms with Crippen LogP contribution in [-0.2, 0) is 16.1 Å². The minimum atomic E-state index is -0.610. The molecule has 31 heavy (non-hydrogen) atoms. The fraction of sp³-hybridized carbons (Fsp3) is 0.0833. The Balaban J connectivity index is 1.48. The summed E-state index contributed by atoms with van der Waals surface area (Å²) < 4.78 is 11.0. The summed E-state index contributed by atoms with van der Waals surface area (Å²) in [7, 11) is 0. The number of nitro groups is 1. The van der Waals surface area contributed by atoms with E-state index in [0.29, 0.717) is 17.9 Å². The van der Waals surface area contributed by atoms with Crippen molar-refractivity contribution >= 4 is 23.6 Å². The average molecular weight is 414 g/mol. The highest BCUT2D eigenvalue weighted by atomic mass is 16.6. The van der Waals surface area contributed by atoms with Crippen LogP contribution in [0.15, 0.2) is 83.5 Å². The van der Waals surface area contributed by atoms with Crippen LogP contribution in [0.4, 0.5) is 5.69 Å². The Morgan fingerprint density at radius 1 is 1.06 bits per heavy atom. The highest BCUT2D eigenvalue weighted by Gasteiger charge is 2.25. The highest BCUT2D eigenvalue weighted by molar-refractivity contribution is 6.13. The van der Waals surface area contributed by atoms with Crippen molar-refractivity contribution in [3.63, 3.8) is 0 Å². The molecule has 0 atom stereocenters. The Labute approximate surface area is 178 Å². The van der Waals surface area contributed by atoms with Crippen molar-refractivity contribution in [1.82, 2.24) is 0 Å². The van der Waals surface area contributed by atoms with Crippen molar-refractivity contribution in [3.8, 4) is 5.75 Å². The van der Waals surface area contributed by atoms with Gasteiger partial charge in [-0.1, -0.05) is 42.5 Å². The molecular weight excluding hydrogens is 396 g/mol. The molecule has 1 heterocycles. The van der Waals surface area contributed by atoms with E-state index in [1.54, 1.807) is 12.1 Å². The number of carbonyl (C=O) groups is 1. The van der Waals surface area contributed by atoms with Gasteiger partial charge in [0.15, 0.2) is 5.70 Å². The number of hydrogen-bond donors (Lipinski definition) is 0. The molecule has 0 spiro atoms. The Morgan fingerprint density at radius 2 is 1.84 bits per heavy atom. The van der Waals surface area contributed by atoms with E-state index in [9.17, 15) is 14.9 Å². The second kappa shape index (κ2) is 8.62. The molecule has 154 valence electrons. The van der Waals surface area contributed by atoms with Gasteiger partial charge in [-0.05, 0) is 47.9 Å². The Kier molecular flexibility index (Phi) is 5.57. The van der Waals surface area contributed by atoms with Crippen LogP contribution in [0.3, 0.4) is 0 Å². The van der Waals surface area contributed by atoms with Crippen molar-refractivity contribution in [2.75, 3.05) is 0 Å². The molecule has 1 aliphatic heterocycles. The SMILES string of the molecule is Cc1ccccc1COc1ccc(C=C2N=C(c3cccc([N+](=O)[O-])c3)OC2=O)cc1. The molecule has 0 saturated heterocycles. The second-order valence-corrected chi connectivity index (χ2v) is 6.93. The number of ether oxygens (including phenoxy) is 2. The third-order valence-corrected chi connectivity index (χ3v) is 4.76. The van der Waals surface area contributed by atoms with Crippen molar-refractivity contribution in [1.29, 1.82) is 0 Å². The summed E-state index contributed by atoms with van der Waals surface area (Å²) in [5.41, 5.74) is 3.42. The molecule has 7 nitrogen and oxygen atoms in total. The van der Waals surface area contributed by atoms with E-state index in [1.165, 1.54) is 23.8 Å². The third-order valence-electron chi connectivity index (χ3n) is 4.76. The van der Waals surface area contributed by atoms with Crippen LogP contribution >= 0.6 is 0 Å². The van der Waals surface area contributed by atoms with Crippen LogP contribution in [0.1, 0.15) is 22.3 Å². The number of non-ortho nitro benzene ring substituents is 1. The van der Waals surface area contributed by atoms with Crippen molar-refractivity contribution in [2.45, 2.75) is 13.5 Å². The maximum absolute atomic E-state index is 12.2. The lowest BCUT2D eigenvalue weighted by atomic mass is 10.1. The monoisotopic (exact) mass is 414 g/mol. The number of aryl methyl sites for hydroxylation is 1. The molecule has 0 amide bonds. The van der Waals surface area contributed by atoms with Gasteiger partial charge in [0.05, 0.1) is 4.92 Å². The van der Waals surface area contributed by atoms with E-state index in [2.05, 4.69) is 4.99 Å². The van der Waals surface area contributed by atoms with Gasteiger partial charge in [0, 0.05) is 17.7 Å². The van der Waals surface area contributed by atoms with Gasteiger partial charge < -0.3 is 9.47 Å². The molecule has 0 bridgehead atoms. The molecule has 0 unspecified atom stereocenters. The number of esters is 1. The second-order valence-electron chi connectivity index (χ2n) is 6.93. The highest BCUT2D eigenvalue weighted by Crippen LogP contribution is 2.23. The molecule has 0 aromatic heterocycles. The number of nitrogens with zero attached hydrogens (tertiary/aromatic N) is 2. The first-order chi connectivity index (χ1) is 15.0. The van der Waals surface area contributed by atoms with E-state index in [1.807, 2.05) is 55.5 Å². The largest absolute Gasteiger partial charge is 0.489 e. The molecule has 0 aliphatic carbocycles. The molecule has 0 saturated carbocycles. The Bertz CT molecular complexity index is 1210. The number of cyclic esters (lactones) is 1. The Morgan fingerprint density at radius 3 is 2.58 bits per heavy atom. The zero-order chi connectivity index (χ0) is 21.8. The van der Waals surface area contributed by atoms with E-state index < -0.39 is 10.9 Å². The maximum atomic E-state index is 12.2. The molecule has 0 N–H and O–H groups in total. The van der Waals surface area contributed by atoms with Gasteiger partial charge in [-0.15, -0.1) is 0 Å². The number of nitro benzene ring substituents is 1. The predicted molar refractivity (Wildman–Crippen MR) is 116 cm³/mol. The minimum absolute atomic E-state index is 0.0399. The molecule has 7 heteroatoms. The third kappa shape index (κ3) is 4.67. The molecule has 3 aromatic rings. The predicted octanol–water partition coefficient (Wildman–Crippen LogP) is 4.83. The lowest BCUT2D eigenvalue weighted by Gasteiger charge is -2.08.